The van der Waals surface area contributed by atoms with Gasteiger partial charge in [-0.15, -0.1) is 0 Å². The summed E-state index contributed by atoms with van der Waals surface area (Å²) >= 11 is 0. The van der Waals surface area contributed by atoms with Crippen molar-refractivity contribution in [3.8, 4) is 0 Å². The van der Waals surface area contributed by atoms with Crippen molar-refractivity contribution in [1.29, 1.82) is 0 Å². The fourth-order valence-electron chi connectivity index (χ4n) is 0. The number of hydrogen-bond acceptors (Lipinski definition) is 0. The summed E-state index contributed by atoms with van der Waals surface area (Å²) < 4.78 is 0. The maximum atomic E-state index is 5.01. The Morgan fingerprint density at radius 3 is 0.857 bits per heavy atom. The predicted octanol–water partition coefficient (Wildman–Crippen LogP) is 0.101. The molecule has 0 radical (unpaired) electrons. The van der Waals surface area contributed by atoms with Gasteiger partial charge in [0.25, 0.3) is 0 Å². The van der Waals surface area contributed by atoms with Gasteiger partial charge in [-0.3, -0.25) is 0 Å². The van der Waals surface area contributed by atoms with Gasteiger partial charge in [0.05, 0.1) is 0 Å². The molecule has 2 N–H and O–H groups in total. The predicted molar refractivity (Wildman–Crippen MR) is 44.1 cm³/mol. The molecule has 0 amide bonds. The Kier molecular flexibility index (Phi) is 14.5. The summed E-state index contributed by atoms with van der Waals surface area (Å²) in [5, 5.41) is 0. The van der Waals surface area contributed by atoms with E-state index in [1.165, 1.54) is 0 Å². The maximum absolute atomic E-state index is 5.01. The molecule has 0 atom stereocenters. The third-order valence-corrected chi connectivity index (χ3v) is 0. The van der Waals surface area contributed by atoms with E-state index in [9.17, 15) is 0 Å². The van der Waals surface area contributed by atoms with Crippen molar-refractivity contribution in [2.75, 3.05) is 0 Å². The molecule has 0 aliphatic heterocycles. The Labute approximate surface area is 72.0 Å². The molecule has 0 saturated carbocycles. The fraction of sp³-hybridized carbons (Fsp3) is 0. The first-order valence-corrected chi connectivity index (χ1v) is 11.8. The first-order chi connectivity index (χ1) is 2.00. The van der Waals surface area contributed by atoms with Gasteiger partial charge in [-0.25, -0.2) is 0 Å². The third kappa shape index (κ3) is 65.0. The standard InChI is InChI=1S/Cl4Ge.GeH4.H2O/c1-5(2,3)4;;/h;1H4;1H2. The monoisotopic (exact) mass is 310 g/mol. The van der Waals surface area contributed by atoms with Crippen molar-refractivity contribution in [3.63, 3.8) is 0 Å². The van der Waals surface area contributed by atoms with Crippen LogP contribution in [0, 0.1) is 0 Å². The molecule has 0 heterocycles. The van der Waals surface area contributed by atoms with E-state index in [1.807, 2.05) is 0 Å². The van der Waals surface area contributed by atoms with Crippen LogP contribution in [0.25, 0.3) is 0 Å². The zero-order valence-corrected chi connectivity index (χ0v) is 7.63. The Morgan fingerprint density at radius 2 is 0.857 bits per heavy atom. The second-order valence-electron chi connectivity index (χ2n) is 0.429. The molecule has 0 aromatic heterocycles. The molecule has 0 aromatic carbocycles. The SMILES string of the molecule is O.[Cl][Ge]([Cl])([Cl])[Cl].[GeH4]. The second-order valence-corrected chi connectivity index (χ2v) is 20.0. The molecule has 7 heteroatoms. The van der Waals surface area contributed by atoms with E-state index in [1.54, 1.807) is 0 Å². The van der Waals surface area contributed by atoms with Crippen LogP contribution in [-0.4, -0.2) is 32.6 Å². The minimum atomic E-state index is -3.11. The Morgan fingerprint density at radius 1 is 0.857 bits per heavy atom. The molecule has 0 saturated heterocycles. The van der Waals surface area contributed by atoms with Crippen LogP contribution in [-0.2, 0) is 0 Å². The van der Waals surface area contributed by atoms with E-state index in [0.29, 0.717) is 0 Å². The van der Waals surface area contributed by atoms with E-state index >= 15 is 0 Å². The van der Waals surface area contributed by atoms with Gasteiger partial charge >= 0.3 is 67.2 Å². The van der Waals surface area contributed by atoms with Gasteiger partial charge in [-0.2, -0.15) is 0 Å². The molecular formula is H6Cl4Ge2O. The third-order valence-electron chi connectivity index (χ3n) is 0. The topological polar surface area (TPSA) is 31.5 Å². The Hall–Kier alpha value is 2.21. The molecule has 0 rings (SSSR count). The Balaban J connectivity index is -0.0000000800. The molecule has 0 aromatic rings. The molecule has 0 fully saturated rings. The van der Waals surface area contributed by atoms with Crippen LogP contribution in [0.15, 0.2) is 0 Å². The fourth-order valence-corrected chi connectivity index (χ4v) is 0. The van der Waals surface area contributed by atoms with E-state index in [2.05, 4.69) is 0 Å². The zero-order valence-electron chi connectivity index (χ0n) is 2.51. The van der Waals surface area contributed by atoms with Crippen molar-refractivity contribution >= 4 is 67.2 Å². The first-order valence-electron chi connectivity index (χ1n) is 0.756. The molecular weight excluding hydrogens is 303 g/mol. The molecule has 7 heavy (non-hydrogen) atoms. The van der Waals surface area contributed by atoms with Crippen LogP contribution in [0.1, 0.15) is 0 Å². The normalized spacial score (nSPS) is 8.57. The molecule has 1 nitrogen and oxygen atoms in total. The molecule has 0 spiro atoms. The Bertz CT molecular complexity index is 25.2. The van der Waals surface area contributed by atoms with Gasteiger partial charge in [-0.1, -0.05) is 0 Å². The number of rotatable bonds is 0. The summed E-state index contributed by atoms with van der Waals surface area (Å²) in [6.07, 6.45) is 0. The summed E-state index contributed by atoms with van der Waals surface area (Å²) in [6.45, 7) is 0. The van der Waals surface area contributed by atoms with Gasteiger partial charge in [0.2, 0.25) is 0 Å². The van der Waals surface area contributed by atoms with Crippen LogP contribution in [0.5, 0.6) is 0 Å². The summed E-state index contributed by atoms with van der Waals surface area (Å²) in [6, 6.07) is 0. The van der Waals surface area contributed by atoms with E-state index in [4.69, 9.17) is 40.0 Å². The summed E-state index contributed by atoms with van der Waals surface area (Å²) in [5.74, 6) is 0. The van der Waals surface area contributed by atoms with E-state index in [0.717, 1.165) is 0 Å². The number of hydrogen-bond donors (Lipinski definition) is 0. The quantitative estimate of drug-likeness (QED) is 0.569. The first kappa shape index (κ1) is 16.1. The average Bonchev–Trinajstić information content (AvgIpc) is 0.722. The van der Waals surface area contributed by atoms with Crippen LogP contribution in [0.4, 0.5) is 0 Å². The van der Waals surface area contributed by atoms with Crippen molar-refractivity contribution in [2.24, 2.45) is 0 Å². The van der Waals surface area contributed by atoms with Gasteiger partial charge in [0.1, 0.15) is 0 Å². The van der Waals surface area contributed by atoms with E-state index < -0.39 is 9.55 Å². The molecule has 48 valence electrons. The van der Waals surface area contributed by atoms with Crippen molar-refractivity contribution in [2.45, 2.75) is 0 Å². The number of halogens is 4. The van der Waals surface area contributed by atoms with Crippen LogP contribution in [0.2, 0.25) is 0 Å². The van der Waals surface area contributed by atoms with Gasteiger partial charge in [0.15, 0.2) is 0 Å². The van der Waals surface area contributed by atoms with Crippen LogP contribution in [0.3, 0.4) is 0 Å². The second kappa shape index (κ2) is 6.33. The van der Waals surface area contributed by atoms with Gasteiger partial charge < -0.3 is 5.48 Å². The molecule has 0 bridgehead atoms. The van der Waals surface area contributed by atoms with Gasteiger partial charge in [-0.05, 0) is 0 Å². The summed E-state index contributed by atoms with van der Waals surface area (Å²) in [7, 11) is 16.9. The minimum absolute atomic E-state index is 0. The van der Waals surface area contributed by atoms with Crippen molar-refractivity contribution in [3.05, 3.63) is 0 Å². The molecule has 0 aliphatic carbocycles. The van der Waals surface area contributed by atoms with Gasteiger partial charge in [0, 0.05) is 0 Å². The van der Waals surface area contributed by atoms with E-state index in [-0.39, 0.29) is 23.1 Å². The average molecular weight is 309 g/mol. The molecule has 0 aliphatic rings. The van der Waals surface area contributed by atoms with Crippen LogP contribution >= 0.6 is 40.0 Å². The summed E-state index contributed by atoms with van der Waals surface area (Å²) in [5.41, 5.74) is 0. The van der Waals surface area contributed by atoms with Crippen molar-refractivity contribution < 1.29 is 5.48 Å². The zero-order chi connectivity index (χ0) is 4.50. The van der Waals surface area contributed by atoms with Crippen LogP contribution < -0.4 is 0 Å². The van der Waals surface area contributed by atoms with Crippen molar-refractivity contribution in [1.82, 2.24) is 0 Å². The summed E-state index contributed by atoms with van der Waals surface area (Å²) in [4.78, 5) is 0. The molecule has 0 unspecified atom stereocenters.